The van der Waals surface area contributed by atoms with Crippen molar-refractivity contribution >= 4 is 23.2 Å². The van der Waals surface area contributed by atoms with Crippen LogP contribution in [0, 0.1) is 0 Å². The molecule has 1 aromatic carbocycles. The standard InChI is InChI=1S/C11H13ClN2O/c12-8-4-1-2-5-9(8)14-11(15)10-6-3-7-13-10/h1-2,4-5,10,13H,3,6-7H2,(H,14,15). The van der Waals surface area contributed by atoms with Crippen LogP contribution in [-0.4, -0.2) is 18.5 Å². The van der Waals surface area contributed by atoms with Crippen molar-refractivity contribution in [2.45, 2.75) is 18.9 Å². The van der Waals surface area contributed by atoms with Gasteiger partial charge in [-0.25, -0.2) is 0 Å². The lowest BCUT2D eigenvalue weighted by Gasteiger charge is -2.11. The Morgan fingerprint density at radius 2 is 2.27 bits per heavy atom. The highest BCUT2D eigenvalue weighted by molar-refractivity contribution is 6.33. The summed E-state index contributed by atoms with van der Waals surface area (Å²) in [5.74, 6) is 0.000556. The molecule has 80 valence electrons. The Labute approximate surface area is 93.8 Å². The molecule has 0 saturated carbocycles. The van der Waals surface area contributed by atoms with Gasteiger partial charge in [0.2, 0.25) is 5.91 Å². The van der Waals surface area contributed by atoms with E-state index in [9.17, 15) is 4.79 Å². The first-order valence-electron chi connectivity index (χ1n) is 5.06. The average molecular weight is 225 g/mol. The number of anilines is 1. The van der Waals surface area contributed by atoms with Crippen molar-refractivity contribution in [1.29, 1.82) is 0 Å². The van der Waals surface area contributed by atoms with E-state index in [1.54, 1.807) is 12.1 Å². The molecule has 1 aliphatic heterocycles. The van der Waals surface area contributed by atoms with E-state index in [4.69, 9.17) is 11.6 Å². The van der Waals surface area contributed by atoms with Gasteiger partial charge in [-0.15, -0.1) is 0 Å². The summed E-state index contributed by atoms with van der Waals surface area (Å²) in [7, 11) is 0. The molecule has 1 fully saturated rings. The van der Waals surface area contributed by atoms with Crippen molar-refractivity contribution in [3.63, 3.8) is 0 Å². The van der Waals surface area contributed by atoms with Crippen molar-refractivity contribution < 1.29 is 4.79 Å². The number of hydrogen-bond acceptors (Lipinski definition) is 2. The normalized spacial score (nSPS) is 20.2. The first kappa shape index (κ1) is 10.5. The molecule has 3 nitrogen and oxygen atoms in total. The Kier molecular flexibility index (Phi) is 3.23. The Hall–Kier alpha value is -1.06. The number of nitrogens with one attached hydrogen (secondary N) is 2. The van der Waals surface area contributed by atoms with Crippen LogP contribution in [0.15, 0.2) is 24.3 Å². The lowest BCUT2D eigenvalue weighted by atomic mass is 10.2. The number of amides is 1. The first-order chi connectivity index (χ1) is 7.27. The van der Waals surface area contributed by atoms with Crippen molar-refractivity contribution in [3.05, 3.63) is 29.3 Å². The van der Waals surface area contributed by atoms with Crippen molar-refractivity contribution in [1.82, 2.24) is 5.32 Å². The number of rotatable bonds is 2. The molecule has 4 heteroatoms. The molecule has 1 unspecified atom stereocenters. The van der Waals surface area contributed by atoms with E-state index in [1.165, 1.54) is 0 Å². The summed E-state index contributed by atoms with van der Waals surface area (Å²) in [5.41, 5.74) is 0.679. The largest absolute Gasteiger partial charge is 0.323 e. The minimum Gasteiger partial charge on any atom is -0.323 e. The lowest BCUT2D eigenvalue weighted by molar-refractivity contribution is -0.117. The molecule has 1 heterocycles. The molecule has 0 aliphatic carbocycles. The number of hydrogen-bond donors (Lipinski definition) is 2. The van der Waals surface area contributed by atoms with E-state index >= 15 is 0 Å². The fourth-order valence-corrected chi connectivity index (χ4v) is 1.87. The fourth-order valence-electron chi connectivity index (χ4n) is 1.69. The van der Waals surface area contributed by atoms with Gasteiger partial charge in [0.1, 0.15) is 0 Å². The quantitative estimate of drug-likeness (QED) is 0.807. The predicted octanol–water partition coefficient (Wildman–Crippen LogP) is 2.03. The molecule has 2 rings (SSSR count). The molecular weight excluding hydrogens is 212 g/mol. The zero-order valence-corrected chi connectivity index (χ0v) is 9.05. The third-order valence-electron chi connectivity index (χ3n) is 2.51. The highest BCUT2D eigenvalue weighted by atomic mass is 35.5. The Bertz CT molecular complexity index is 361. The molecule has 0 bridgehead atoms. The summed E-state index contributed by atoms with van der Waals surface area (Å²) in [6.07, 6.45) is 1.96. The monoisotopic (exact) mass is 224 g/mol. The van der Waals surface area contributed by atoms with E-state index in [2.05, 4.69) is 10.6 Å². The van der Waals surface area contributed by atoms with Gasteiger partial charge in [-0.3, -0.25) is 4.79 Å². The van der Waals surface area contributed by atoms with Crippen LogP contribution in [0.25, 0.3) is 0 Å². The van der Waals surface area contributed by atoms with Gasteiger partial charge < -0.3 is 10.6 Å². The van der Waals surface area contributed by atoms with E-state index in [1.807, 2.05) is 12.1 Å². The fraction of sp³-hybridized carbons (Fsp3) is 0.364. The molecule has 1 saturated heterocycles. The van der Waals surface area contributed by atoms with Gasteiger partial charge in [-0.05, 0) is 31.5 Å². The first-order valence-corrected chi connectivity index (χ1v) is 5.44. The SMILES string of the molecule is O=C(Nc1ccccc1Cl)C1CCCN1. The zero-order chi connectivity index (χ0) is 10.7. The smallest absolute Gasteiger partial charge is 0.241 e. The number of para-hydroxylation sites is 1. The number of carbonyl (C=O) groups is 1. The third kappa shape index (κ3) is 2.49. The van der Waals surface area contributed by atoms with Crippen molar-refractivity contribution in [2.24, 2.45) is 0 Å². The highest BCUT2D eigenvalue weighted by Gasteiger charge is 2.22. The third-order valence-corrected chi connectivity index (χ3v) is 2.84. The molecule has 1 aliphatic rings. The van der Waals surface area contributed by atoms with Gasteiger partial charge in [0.25, 0.3) is 0 Å². The number of benzene rings is 1. The second-order valence-electron chi connectivity index (χ2n) is 3.62. The summed E-state index contributed by atoms with van der Waals surface area (Å²) >= 11 is 5.94. The van der Waals surface area contributed by atoms with E-state index in [0.717, 1.165) is 19.4 Å². The zero-order valence-electron chi connectivity index (χ0n) is 8.29. The second kappa shape index (κ2) is 4.64. The van der Waals surface area contributed by atoms with Crippen LogP contribution in [0.2, 0.25) is 5.02 Å². The molecule has 15 heavy (non-hydrogen) atoms. The summed E-state index contributed by atoms with van der Waals surface area (Å²) in [6.45, 7) is 0.917. The summed E-state index contributed by atoms with van der Waals surface area (Å²) in [6, 6.07) is 7.19. The van der Waals surface area contributed by atoms with Gasteiger partial charge in [0.15, 0.2) is 0 Å². The topological polar surface area (TPSA) is 41.1 Å². The van der Waals surface area contributed by atoms with Gasteiger partial charge >= 0.3 is 0 Å². The van der Waals surface area contributed by atoms with Crippen LogP contribution >= 0.6 is 11.6 Å². The summed E-state index contributed by atoms with van der Waals surface area (Å²) in [4.78, 5) is 11.7. The molecule has 1 aromatic rings. The van der Waals surface area contributed by atoms with Crippen LogP contribution in [-0.2, 0) is 4.79 Å². The van der Waals surface area contributed by atoms with Crippen LogP contribution in [0.1, 0.15) is 12.8 Å². The van der Waals surface area contributed by atoms with Crippen molar-refractivity contribution in [3.8, 4) is 0 Å². The minimum atomic E-state index is -0.0683. The van der Waals surface area contributed by atoms with E-state index in [0.29, 0.717) is 10.7 Å². The Morgan fingerprint density at radius 1 is 1.47 bits per heavy atom. The Balaban J connectivity index is 2.02. The molecule has 1 amide bonds. The average Bonchev–Trinajstić information content (AvgIpc) is 2.74. The van der Waals surface area contributed by atoms with Gasteiger partial charge in [0, 0.05) is 0 Å². The van der Waals surface area contributed by atoms with Crippen LogP contribution < -0.4 is 10.6 Å². The van der Waals surface area contributed by atoms with Gasteiger partial charge in [0.05, 0.1) is 16.8 Å². The summed E-state index contributed by atoms with van der Waals surface area (Å²) < 4.78 is 0. The van der Waals surface area contributed by atoms with Crippen molar-refractivity contribution in [2.75, 3.05) is 11.9 Å². The molecule has 0 spiro atoms. The second-order valence-corrected chi connectivity index (χ2v) is 4.03. The maximum Gasteiger partial charge on any atom is 0.241 e. The maximum atomic E-state index is 11.7. The molecule has 0 radical (unpaired) electrons. The Morgan fingerprint density at radius 3 is 2.93 bits per heavy atom. The minimum absolute atomic E-state index is 0.000556. The predicted molar refractivity (Wildman–Crippen MR) is 61.1 cm³/mol. The molecule has 2 N–H and O–H groups in total. The van der Waals surface area contributed by atoms with E-state index in [-0.39, 0.29) is 11.9 Å². The highest BCUT2D eigenvalue weighted by Crippen LogP contribution is 2.21. The maximum absolute atomic E-state index is 11.7. The van der Waals surface area contributed by atoms with Gasteiger partial charge in [-0.2, -0.15) is 0 Å². The molecular formula is C11H13ClN2O. The lowest BCUT2D eigenvalue weighted by Crippen LogP contribution is -2.35. The van der Waals surface area contributed by atoms with E-state index < -0.39 is 0 Å². The molecule has 1 atom stereocenters. The van der Waals surface area contributed by atoms with Crippen LogP contribution in [0.4, 0.5) is 5.69 Å². The molecule has 0 aromatic heterocycles. The summed E-state index contributed by atoms with van der Waals surface area (Å²) in [5, 5.41) is 6.53. The van der Waals surface area contributed by atoms with Gasteiger partial charge in [-0.1, -0.05) is 23.7 Å². The number of halogens is 1. The van der Waals surface area contributed by atoms with Crippen LogP contribution in [0.3, 0.4) is 0 Å². The number of carbonyl (C=O) groups excluding carboxylic acids is 1. The van der Waals surface area contributed by atoms with Crippen LogP contribution in [0.5, 0.6) is 0 Å².